The predicted octanol–water partition coefficient (Wildman–Crippen LogP) is 6.03. The SMILES string of the molecule is C=C1C(NC(=O)COc2ccc(OCCCCCCCC)cc2)=C(C)N(C)N1c1ccccc1. The van der Waals surface area contributed by atoms with Crippen molar-refractivity contribution in [2.24, 2.45) is 0 Å². The number of nitrogens with zero attached hydrogens (tertiary/aromatic N) is 2. The van der Waals surface area contributed by atoms with Gasteiger partial charge in [0.2, 0.25) is 0 Å². The molecule has 3 rings (SSSR count). The summed E-state index contributed by atoms with van der Waals surface area (Å²) in [6, 6.07) is 17.3. The standard InChI is InChI=1S/C28H37N3O3/c1-5-6-7-8-9-13-20-33-25-16-18-26(19-17-25)34-21-27(32)29-28-22(2)30(4)31(23(28)3)24-14-11-10-12-15-24/h10-12,14-19H,3,5-9,13,20-21H2,1-2,4H3,(H,29,32). The average molecular weight is 464 g/mol. The summed E-state index contributed by atoms with van der Waals surface area (Å²) in [6.07, 6.45) is 7.44. The molecular formula is C28H37N3O3. The third kappa shape index (κ3) is 6.80. The lowest BCUT2D eigenvalue weighted by Gasteiger charge is -2.29. The molecule has 0 bridgehead atoms. The summed E-state index contributed by atoms with van der Waals surface area (Å²) in [4.78, 5) is 12.6. The van der Waals surface area contributed by atoms with Crippen LogP contribution in [-0.2, 0) is 4.79 Å². The Balaban J connectivity index is 1.43. The molecule has 1 aliphatic rings. The number of para-hydroxylation sites is 1. The molecule has 0 spiro atoms. The maximum Gasteiger partial charge on any atom is 0.262 e. The third-order valence-corrected chi connectivity index (χ3v) is 5.92. The highest BCUT2D eigenvalue weighted by Gasteiger charge is 2.30. The van der Waals surface area contributed by atoms with Crippen molar-refractivity contribution >= 4 is 11.6 Å². The molecule has 6 nitrogen and oxygen atoms in total. The topological polar surface area (TPSA) is 54.0 Å². The van der Waals surface area contributed by atoms with Gasteiger partial charge >= 0.3 is 0 Å². The van der Waals surface area contributed by atoms with Gasteiger partial charge in [-0.3, -0.25) is 14.8 Å². The molecule has 0 saturated carbocycles. The Kier molecular flexibility index (Phi) is 9.44. The Morgan fingerprint density at radius 3 is 2.21 bits per heavy atom. The number of carbonyl (C=O) groups is 1. The molecule has 0 atom stereocenters. The van der Waals surface area contributed by atoms with Gasteiger partial charge in [0.05, 0.1) is 29.4 Å². The number of hydrogen-bond acceptors (Lipinski definition) is 5. The van der Waals surface area contributed by atoms with Gasteiger partial charge in [0.1, 0.15) is 11.5 Å². The summed E-state index contributed by atoms with van der Waals surface area (Å²) >= 11 is 0. The van der Waals surface area contributed by atoms with Crippen LogP contribution in [0, 0.1) is 0 Å². The van der Waals surface area contributed by atoms with Crippen molar-refractivity contribution in [3.8, 4) is 11.5 Å². The number of rotatable bonds is 13. The maximum atomic E-state index is 12.6. The van der Waals surface area contributed by atoms with Crippen LogP contribution in [0.15, 0.2) is 78.3 Å². The molecule has 0 fully saturated rings. The molecule has 1 heterocycles. The van der Waals surface area contributed by atoms with E-state index in [1.165, 1.54) is 32.1 Å². The Labute approximate surface area is 203 Å². The largest absolute Gasteiger partial charge is 0.494 e. The van der Waals surface area contributed by atoms with Gasteiger partial charge in [0.25, 0.3) is 5.91 Å². The molecule has 0 radical (unpaired) electrons. The summed E-state index contributed by atoms with van der Waals surface area (Å²) in [5.74, 6) is 1.21. The summed E-state index contributed by atoms with van der Waals surface area (Å²) in [6.45, 7) is 9.00. The van der Waals surface area contributed by atoms with Gasteiger partial charge in [-0.1, -0.05) is 63.8 Å². The first kappa shape index (κ1) is 25.2. The van der Waals surface area contributed by atoms with E-state index in [2.05, 4.69) is 18.8 Å². The van der Waals surface area contributed by atoms with Crippen LogP contribution >= 0.6 is 0 Å². The van der Waals surface area contributed by atoms with Gasteiger partial charge in [-0.2, -0.15) is 0 Å². The number of amides is 1. The maximum absolute atomic E-state index is 12.6. The first-order valence-corrected chi connectivity index (χ1v) is 12.2. The number of hydrazine groups is 1. The second kappa shape index (κ2) is 12.7. The number of carbonyl (C=O) groups excluding carboxylic acids is 1. The number of unbranched alkanes of at least 4 members (excludes halogenated alkanes) is 5. The summed E-state index contributed by atoms with van der Waals surface area (Å²) in [7, 11) is 1.94. The number of ether oxygens (including phenoxy) is 2. The Hall–Kier alpha value is -3.41. The molecule has 2 aromatic carbocycles. The molecule has 2 aromatic rings. The van der Waals surface area contributed by atoms with Crippen molar-refractivity contribution in [1.82, 2.24) is 10.3 Å². The first-order valence-electron chi connectivity index (χ1n) is 12.2. The number of nitrogens with one attached hydrogen (secondary N) is 1. The van der Waals surface area contributed by atoms with Crippen LogP contribution in [0.25, 0.3) is 0 Å². The van der Waals surface area contributed by atoms with Gasteiger partial charge in [-0.05, 0) is 49.7 Å². The van der Waals surface area contributed by atoms with Crippen molar-refractivity contribution < 1.29 is 14.3 Å². The minimum absolute atomic E-state index is 0.0862. The van der Waals surface area contributed by atoms with Gasteiger partial charge in [0.15, 0.2) is 6.61 Å². The fourth-order valence-corrected chi connectivity index (χ4v) is 3.90. The van der Waals surface area contributed by atoms with Crippen LogP contribution in [0.5, 0.6) is 11.5 Å². The molecule has 0 unspecified atom stereocenters. The zero-order valence-electron chi connectivity index (χ0n) is 20.7. The van der Waals surface area contributed by atoms with Crippen molar-refractivity contribution in [3.05, 3.63) is 78.3 Å². The Bertz CT molecular complexity index is 970. The van der Waals surface area contributed by atoms with Crippen LogP contribution in [0.3, 0.4) is 0 Å². The second-order valence-electron chi connectivity index (χ2n) is 8.50. The van der Waals surface area contributed by atoms with E-state index in [0.29, 0.717) is 17.1 Å². The zero-order valence-corrected chi connectivity index (χ0v) is 20.7. The van der Waals surface area contributed by atoms with Crippen LogP contribution < -0.4 is 19.8 Å². The lowest BCUT2D eigenvalue weighted by molar-refractivity contribution is -0.122. The predicted molar refractivity (Wildman–Crippen MR) is 137 cm³/mol. The number of benzene rings is 2. The fraction of sp³-hybridized carbons (Fsp3) is 0.393. The van der Waals surface area contributed by atoms with E-state index in [-0.39, 0.29) is 12.5 Å². The van der Waals surface area contributed by atoms with Gasteiger partial charge in [-0.15, -0.1) is 0 Å². The van der Waals surface area contributed by atoms with Crippen molar-refractivity contribution in [2.45, 2.75) is 52.4 Å². The highest BCUT2D eigenvalue weighted by atomic mass is 16.5. The van der Waals surface area contributed by atoms with E-state index in [0.717, 1.165) is 30.2 Å². The lowest BCUT2D eigenvalue weighted by Crippen LogP contribution is -2.33. The van der Waals surface area contributed by atoms with E-state index in [4.69, 9.17) is 9.47 Å². The fourth-order valence-electron chi connectivity index (χ4n) is 3.90. The molecule has 6 heteroatoms. The van der Waals surface area contributed by atoms with Crippen molar-refractivity contribution in [3.63, 3.8) is 0 Å². The molecule has 0 aromatic heterocycles. The summed E-state index contributed by atoms with van der Waals surface area (Å²) in [5.41, 5.74) is 3.30. The molecule has 0 aliphatic carbocycles. The Morgan fingerprint density at radius 1 is 0.912 bits per heavy atom. The molecule has 0 saturated heterocycles. The van der Waals surface area contributed by atoms with E-state index < -0.39 is 0 Å². The molecular weight excluding hydrogens is 426 g/mol. The third-order valence-electron chi connectivity index (χ3n) is 5.92. The smallest absolute Gasteiger partial charge is 0.262 e. The molecule has 1 aliphatic heterocycles. The van der Waals surface area contributed by atoms with Crippen LogP contribution in [0.1, 0.15) is 52.4 Å². The number of anilines is 1. The van der Waals surface area contributed by atoms with Crippen LogP contribution in [0.2, 0.25) is 0 Å². The number of hydrogen-bond donors (Lipinski definition) is 1. The highest BCUT2D eigenvalue weighted by Crippen LogP contribution is 2.33. The number of allylic oxidation sites excluding steroid dienone is 1. The average Bonchev–Trinajstić information content (AvgIpc) is 3.06. The Morgan fingerprint density at radius 2 is 1.53 bits per heavy atom. The quantitative estimate of drug-likeness (QED) is 0.368. The minimum Gasteiger partial charge on any atom is -0.494 e. The van der Waals surface area contributed by atoms with Gasteiger partial charge in [0, 0.05) is 7.05 Å². The minimum atomic E-state index is -0.234. The summed E-state index contributed by atoms with van der Waals surface area (Å²) in [5, 5.41) is 6.89. The normalized spacial score (nSPS) is 13.4. The summed E-state index contributed by atoms with van der Waals surface area (Å²) < 4.78 is 11.5. The van der Waals surface area contributed by atoms with Crippen molar-refractivity contribution in [2.75, 3.05) is 25.3 Å². The van der Waals surface area contributed by atoms with Gasteiger partial charge < -0.3 is 14.8 Å². The highest BCUT2D eigenvalue weighted by molar-refractivity contribution is 5.81. The van der Waals surface area contributed by atoms with E-state index in [9.17, 15) is 4.79 Å². The molecule has 34 heavy (non-hydrogen) atoms. The first-order chi connectivity index (χ1) is 16.5. The molecule has 1 N–H and O–H groups in total. The zero-order chi connectivity index (χ0) is 24.3. The van der Waals surface area contributed by atoms with Crippen molar-refractivity contribution in [1.29, 1.82) is 0 Å². The van der Waals surface area contributed by atoms with E-state index in [1.807, 2.05) is 78.6 Å². The molecule has 1 amide bonds. The van der Waals surface area contributed by atoms with Crippen LogP contribution in [-0.4, -0.2) is 31.2 Å². The van der Waals surface area contributed by atoms with Crippen LogP contribution in [0.4, 0.5) is 5.69 Å². The molecule has 182 valence electrons. The monoisotopic (exact) mass is 463 g/mol. The second-order valence-corrected chi connectivity index (χ2v) is 8.50. The van der Waals surface area contributed by atoms with E-state index >= 15 is 0 Å². The van der Waals surface area contributed by atoms with E-state index in [1.54, 1.807) is 0 Å². The lowest BCUT2D eigenvalue weighted by atomic mass is 10.1. The van der Waals surface area contributed by atoms with Gasteiger partial charge in [-0.25, -0.2) is 0 Å².